The first kappa shape index (κ1) is 19.9. The van der Waals surface area contributed by atoms with E-state index in [4.69, 9.17) is 4.74 Å². The number of sulfonamides is 1. The van der Waals surface area contributed by atoms with Gasteiger partial charge in [-0.25, -0.2) is 13.1 Å². The second-order valence-electron chi connectivity index (χ2n) is 7.71. The number of nitrogens with one attached hydrogen (secondary N) is 1. The lowest BCUT2D eigenvalue weighted by Crippen LogP contribution is -2.36. The normalized spacial score (nSPS) is 17.2. The Morgan fingerprint density at radius 1 is 1.10 bits per heavy atom. The van der Waals surface area contributed by atoms with Crippen molar-refractivity contribution in [3.63, 3.8) is 0 Å². The number of benzene rings is 2. The molecule has 4 rings (SSSR count). The molecule has 1 N–H and O–H groups in total. The van der Waals surface area contributed by atoms with Gasteiger partial charge >= 0.3 is 0 Å². The fourth-order valence-corrected chi connectivity index (χ4v) is 5.70. The predicted molar refractivity (Wildman–Crippen MR) is 110 cm³/mol. The molecular weight excluding hydrogens is 388 g/mol. The molecule has 0 bridgehead atoms. The van der Waals surface area contributed by atoms with Crippen molar-refractivity contribution in [1.29, 1.82) is 0 Å². The molecule has 0 radical (unpaired) electrons. The maximum absolute atomic E-state index is 13.1. The first-order valence-electron chi connectivity index (χ1n) is 10.0. The third kappa shape index (κ3) is 4.16. The average Bonchev–Trinajstić information content (AvgIpc) is 3.24. The minimum absolute atomic E-state index is 0.0233. The second kappa shape index (κ2) is 8.16. The number of nitrogens with zero attached hydrogens (tertiary/aromatic N) is 1. The first-order valence-corrected chi connectivity index (χ1v) is 11.5. The highest BCUT2D eigenvalue weighted by Gasteiger charge is 2.28. The highest BCUT2D eigenvalue weighted by atomic mass is 32.2. The molecule has 0 spiro atoms. The summed E-state index contributed by atoms with van der Waals surface area (Å²) in [4.78, 5) is 14.9. The molecule has 1 aliphatic heterocycles. The Morgan fingerprint density at radius 3 is 2.55 bits per heavy atom. The van der Waals surface area contributed by atoms with E-state index in [1.807, 2.05) is 18.2 Å². The molecule has 7 heteroatoms. The molecule has 2 aromatic carbocycles. The van der Waals surface area contributed by atoms with Gasteiger partial charge in [-0.2, -0.15) is 0 Å². The Bertz CT molecular complexity index is 1010. The molecule has 6 nitrogen and oxygen atoms in total. The zero-order valence-electron chi connectivity index (χ0n) is 16.6. The van der Waals surface area contributed by atoms with Crippen molar-refractivity contribution in [2.75, 3.05) is 13.7 Å². The Labute approximate surface area is 171 Å². The van der Waals surface area contributed by atoms with E-state index < -0.39 is 10.0 Å². The molecule has 0 atom stereocenters. The number of ether oxygens (including phenoxy) is 1. The number of hydrogen-bond acceptors (Lipinski definition) is 4. The van der Waals surface area contributed by atoms with Crippen molar-refractivity contribution < 1.29 is 17.9 Å². The van der Waals surface area contributed by atoms with E-state index >= 15 is 0 Å². The Balaban J connectivity index is 1.60. The van der Waals surface area contributed by atoms with Crippen LogP contribution in [0.4, 0.5) is 0 Å². The van der Waals surface area contributed by atoms with E-state index in [1.165, 1.54) is 18.7 Å². The quantitative estimate of drug-likeness (QED) is 0.816. The zero-order valence-corrected chi connectivity index (χ0v) is 17.4. The topological polar surface area (TPSA) is 75.7 Å². The molecule has 0 saturated heterocycles. The average molecular weight is 415 g/mol. The van der Waals surface area contributed by atoms with E-state index in [-0.39, 0.29) is 22.6 Å². The van der Waals surface area contributed by atoms with Gasteiger partial charge in [0.25, 0.3) is 5.91 Å². The van der Waals surface area contributed by atoms with Crippen LogP contribution in [0.3, 0.4) is 0 Å². The minimum atomic E-state index is -3.77. The largest absolute Gasteiger partial charge is 0.495 e. The maximum atomic E-state index is 13.1. The summed E-state index contributed by atoms with van der Waals surface area (Å²) in [7, 11) is -2.33. The van der Waals surface area contributed by atoms with Gasteiger partial charge < -0.3 is 9.64 Å². The fraction of sp³-hybridized carbons (Fsp3) is 0.409. The molecule has 1 heterocycles. The lowest BCUT2D eigenvalue weighted by Gasteiger charge is -2.29. The van der Waals surface area contributed by atoms with Gasteiger partial charge in [-0.3, -0.25) is 4.79 Å². The summed E-state index contributed by atoms with van der Waals surface area (Å²) in [5.41, 5.74) is 2.75. The molecule has 1 fully saturated rings. The van der Waals surface area contributed by atoms with Crippen molar-refractivity contribution in [2.45, 2.75) is 49.6 Å². The molecule has 1 aliphatic carbocycles. The monoisotopic (exact) mass is 414 g/mol. The van der Waals surface area contributed by atoms with Crippen LogP contribution in [0.25, 0.3) is 0 Å². The SMILES string of the molecule is COc1ccc(C(=O)N2CCc3ccccc3C2)cc1S(=O)(=O)NC1CCCC1. The molecular formula is C22H26N2O4S. The van der Waals surface area contributed by atoms with Crippen molar-refractivity contribution in [2.24, 2.45) is 0 Å². The Kier molecular flexibility index (Phi) is 5.61. The van der Waals surface area contributed by atoms with Gasteiger partial charge in [0, 0.05) is 24.7 Å². The Hall–Kier alpha value is -2.38. The summed E-state index contributed by atoms with van der Waals surface area (Å²) >= 11 is 0. The number of hydrogen-bond donors (Lipinski definition) is 1. The van der Waals surface area contributed by atoms with Gasteiger partial charge in [-0.05, 0) is 48.6 Å². The molecule has 1 amide bonds. The van der Waals surface area contributed by atoms with Crippen molar-refractivity contribution in [3.8, 4) is 5.75 Å². The standard InChI is InChI=1S/C22H26N2O4S/c1-28-20-11-10-17(14-21(20)29(26,27)23-19-8-4-5-9-19)22(25)24-13-12-16-6-2-3-7-18(16)15-24/h2-3,6-7,10-11,14,19,23H,4-5,8-9,12-13,15H2,1H3. The van der Waals surface area contributed by atoms with Gasteiger partial charge in [0.1, 0.15) is 10.6 Å². The Morgan fingerprint density at radius 2 is 1.83 bits per heavy atom. The van der Waals surface area contributed by atoms with Crippen LogP contribution in [0.15, 0.2) is 47.4 Å². The smallest absolute Gasteiger partial charge is 0.254 e. The van der Waals surface area contributed by atoms with Gasteiger partial charge in [0.2, 0.25) is 10.0 Å². The number of rotatable bonds is 5. The third-order valence-electron chi connectivity index (χ3n) is 5.79. The van der Waals surface area contributed by atoms with Gasteiger partial charge in [-0.15, -0.1) is 0 Å². The summed E-state index contributed by atoms with van der Waals surface area (Å²) in [6.07, 6.45) is 4.53. The second-order valence-corrected chi connectivity index (χ2v) is 9.40. The number of carbonyl (C=O) groups is 1. The molecule has 2 aromatic rings. The summed E-state index contributed by atoms with van der Waals surface area (Å²) in [5, 5.41) is 0. The summed E-state index contributed by atoms with van der Waals surface area (Å²) < 4.78 is 34.0. The number of carbonyl (C=O) groups excluding carboxylic acids is 1. The van der Waals surface area contributed by atoms with Crippen molar-refractivity contribution in [3.05, 3.63) is 59.2 Å². The number of methoxy groups -OCH3 is 1. The molecule has 1 saturated carbocycles. The van der Waals surface area contributed by atoms with Crippen LogP contribution in [0, 0.1) is 0 Å². The minimum Gasteiger partial charge on any atom is -0.495 e. The molecule has 0 unspecified atom stereocenters. The van der Waals surface area contributed by atoms with E-state index in [9.17, 15) is 13.2 Å². The number of amides is 1. The van der Waals surface area contributed by atoms with Gasteiger partial charge in [-0.1, -0.05) is 37.1 Å². The molecule has 2 aliphatic rings. The van der Waals surface area contributed by atoms with Crippen molar-refractivity contribution in [1.82, 2.24) is 9.62 Å². The summed E-state index contributed by atoms with van der Waals surface area (Å²) in [6.45, 7) is 1.15. The van der Waals surface area contributed by atoms with Crippen LogP contribution in [-0.2, 0) is 23.0 Å². The summed E-state index contributed by atoms with van der Waals surface area (Å²) in [6, 6.07) is 12.7. The van der Waals surface area contributed by atoms with Gasteiger partial charge in [0.15, 0.2) is 0 Å². The van der Waals surface area contributed by atoms with Crippen LogP contribution >= 0.6 is 0 Å². The van der Waals surface area contributed by atoms with E-state index in [0.29, 0.717) is 18.7 Å². The molecule has 154 valence electrons. The highest BCUT2D eigenvalue weighted by Crippen LogP contribution is 2.28. The van der Waals surface area contributed by atoms with Crippen LogP contribution in [-0.4, -0.2) is 38.9 Å². The van der Waals surface area contributed by atoms with E-state index in [0.717, 1.165) is 37.7 Å². The van der Waals surface area contributed by atoms with E-state index in [2.05, 4.69) is 10.8 Å². The van der Waals surface area contributed by atoms with E-state index in [1.54, 1.807) is 17.0 Å². The van der Waals surface area contributed by atoms with Gasteiger partial charge in [0.05, 0.1) is 7.11 Å². The predicted octanol–water partition coefficient (Wildman–Crippen LogP) is 3.11. The van der Waals surface area contributed by atoms with Crippen LogP contribution in [0.5, 0.6) is 5.75 Å². The molecule has 29 heavy (non-hydrogen) atoms. The lowest BCUT2D eigenvalue weighted by atomic mass is 9.99. The van der Waals surface area contributed by atoms with Crippen LogP contribution in [0.1, 0.15) is 47.2 Å². The zero-order chi connectivity index (χ0) is 20.4. The number of fused-ring (bicyclic) bond motifs is 1. The molecule has 0 aromatic heterocycles. The highest BCUT2D eigenvalue weighted by molar-refractivity contribution is 7.89. The fourth-order valence-electron chi connectivity index (χ4n) is 4.20. The lowest BCUT2D eigenvalue weighted by molar-refractivity contribution is 0.0734. The van der Waals surface area contributed by atoms with Crippen molar-refractivity contribution >= 4 is 15.9 Å². The summed E-state index contributed by atoms with van der Waals surface area (Å²) in [5.74, 6) is 0.0792. The maximum Gasteiger partial charge on any atom is 0.254 e. The third-order valence-corrected chi connectivity index (χ3v) is 7.34. The van der Waals surface area contributed by atoms with Crippen LogP contribution in [0.2, 0.25) is 0 Å². The first-order chi connectivity index (χ1) is 14.0. The van der Waals surface area contributed by atoms with Crippen LogP contribution < -0.4 is 9.46 Å².